The molecule has 2 N–H and O–H groups in total. The van der Waals surface area contributed by atoms with Crippen LogP contribution in [0.2, 0.25) is 0 Å². The maximum absolute atomic E-state index is 12.9. The van der Waals surface area contributed by atoms with Crippen molar-refractivity contribution in [3.63, 3.8) is 0 Å². The molecular weight excluding hydrogens is 346 g/mol. The molecule has 0 unspecified atom stereocenters. The predicted molar refractivity (Wildman–Crippen MR) is 104 cm³/mol. The smallest absolute Gasteiger partial charge is 0.257 e. The monoisotopic (exact) mass is 365 g/mol. The van der Waals surface area contributed by atoms with E-state index in [-0.39, 0.29) is 17.3 Å². The van der Waals surface area contributed by atoms with Crippen LogP contribution in [0.15, 0.2) is 64.2 Å². The van der Waals surface area contributed by atoms with Gasteiger partial charge in [0.25, 0.3) is 5.56 Å². The minimum atomic E-state index is -0.370. The van der Waals surface area contributed by atoms with E-state index < -0.39 is 0 Å². The van der Waals surface area contributed by atoms with E-state index in [1.807, 2.05) is 30.3 Å². The minimum absolute atomic E-state index is 0.114. The van der Waals surface area contributed by atoms with E-state index >= 15 is 0 Å². The highest BCUT2D eigenvalue weighted by Gasteiger charge is 2.37. The summed E-state index contributed by atoms with van der Waals surface area (Å²) in [6.07, 6.45) is 3.92. The van der Waals surface area contributed by atoms with Crippen molar-refractivity contribution in [1.82, 2.24) is 9.97 Å². The van der Waals surface area contributed by atoms with Crippen molar-refractivity contribution < 1.29 is 4.79 Å². The molecule has 1 aliphatic heterocycles. The van der Waals surface area contributed by atoms with Gasteiger partial charge in [-0.05, 0) is 18.4 Å². The average molecular weight is 365 g/mol. The van der Waals surface area contributed by atoms with Gasteiger partial charge in [0, 0.05) is 29.4 Å². The number of rotatable bonds is 4. The second-order valence-corrected chi connectivity index (χ2v) is 7.38. The largest absolute Gasteiger partial charge is 0.343 e. The lowest BCUT2D eigenvalue weighted by Gasteiger charge is -2.32. The summed E-state index contributed by atoms with van der Waals surface area (Å²) < 4.78 is 0. The normalized spacial score (nSPS) is 18.8. The van der Waals surface area contributed by atoms with Crippen LogP contribution in [0.5, 0.6) is 0 Å². The van der Waals surface area contributed by atoms with Crippen LogP contribution in [0.1, 0.15) is 36.3 Å². The number of aromatic nitrogens is 2. The van der Waals surface area contributed by atoms with Crippen LogP contribution in [0, 0.1) is 0 Å². The third kappa shape index (κ3) is 2.90. The molecular formula is C20H19N3O2S. The molecule has 1 atom stereocenters. The molecule has 0 saturated heterocycles. The minimum Gasteiger partial charge on any atom is -0.343 e. The van der Waals surface area contributed by atoms with Gasteiger partial charge in [-0.1, -0.05) is 48.2 Å². The first-order valence-corrected chi connectivity index (χ1v) is 9.63. The van der Waals surface area contributed by atoms with Gasteiger partial charge < -0.3 is 10.3 Å². The lowest BCUT2D eigenvalue weighted by molar-refractivity contribution is -0.116. The average Bonchev–Trinajstić information content (AvgIpc) is 2.65. The second-order valence-electron chi connectivity index (χ2n) is 6.37. The molecule has 5 nitrogen and oxygen atoms in total. The lowest BCUT2D eigenvalue weighted by Crippen LogP contribution is -2.32. The van der Waals surface area contributed by atoms with Crippen molar-refractivity contribution in [2.75, 3.05) is 11.1 Å². The molecule has 6 heteroatoms. The molecule has 0 fully saturated rings. The third-order valence-corrected chi connectivity index (χ3v) is 5.58. The summed E-state index contributed by atoms with van der Waals surface area (Å²) in [5.41, 5.74) is 2.88. The van der Waals surface area contributed by atoms with Crippen molar-refractivity contribution in [2.45, 2.75) is 30.3 Å². The number of aromatic amines is 1. The zero-order valence-electron chi connectivity index (χ0n) is 14.2. The second kappa shape index (κ2) is 6.96. The third-order valence-electron chi connectivity index (χ3n) is 4.71. The Kier molecular flexibility index (Phi) is 4.51. The first-order valence-electron chi connectivity index (χ1n) is 8.65. The van der Waals surface area contributed by atoms with Gasteiger partial charge in [-0.2, -0.15) is 0 Å². The molecule has 132 valence electrons. The number of ketones is 1. The molecule has 1 aromatic carbocycles. The van der Waals surface area contributed by atoms with E-state index in [1.165, 1.54) is 11.8 Å². The van der Waals surface area contributed by atoms with Gasteiger partial charge in [0.1, 0.15) is 5.82 Å². The number of anilines is 1. The molecule has 0 spiro atoms. The maximum atomic E-state index is 12.9. The number of carbonyl (C=O) groups excluding carboxylic acids is 1. The molecule has 1 aromatic heterocycles. The van der Waals surface area contributed by atoms with Crippen LogP contribution < -0.4 is 10.9 Å². The Bertz CT molecular complexity index is 963. The van der Waals surface area contributed by atoms with Gasteiger partial charge in [-0.15, -0.1) is 6.58 Å². The fourth-order valence-electron chi connectivity index (χ4n) is 3.63. The molecule has 1 aliphatic carbocycles. The number of carbonyl (C=O) groups is 1. The van der Waals surface area contributed by atoms with Gasteiger partial charge in [-0.3, -0.25) is 9.59 Å². The maximum Gasteiger partial charge on any atom is 0.257 e. The number of fused-ring (bicyclic) bond motifs is 1. The molecule has 0 bridgehead atoms. The van der Waals surface area contributed by atoms with E-state index in [9.17, 15) is 9.59 Å². The van der Waals surface area contributed by atoms with Crippen LogP contribution in [0.25, 0.3) is 0 Å². The Labute approximate surface area is 155 Å². The summed E-state index contributed by atoms with van der Waals surface area (Å²) in [5.74, 6) is 0.964. The predicted octanol–water partition coefficient (Wildman–Crippen LogP) is 3.61. The Morgan fingerprint density at radius 2 is 2.04 bits per heavy atom. The van der Waals surface area contributed by atoms with Gasteiger partial charge in [-0.25, -0.2) is 4.98 Å². The van der Waals surface area contributed by atoms with Gasteiger partial charge >= 0.3 is 0 Å². The van der Waals surface area contributed by atoms with Crippen LogP contribution in [0.3, 0.4) is 0 Å². The van der Waals surface area contributed by atoms with Crippen molar-refractivity contribution in [3.8, 4) is 0 Å². The van der Waals surface area contributed by atoms with E-state index in [2.05, 4.69) is 21.9 Å². The summed E-state index contributed by atoms with van der Waals surface area (Å²) in [4.78, 5) is 33.1. The molecule has 26 heavy (non-hydrogen) atoms. The van der Waals surface area contributed by atoms with Crippen LogP contribution in [-0.2, 0) is 4.79 Å². The summed E-state index contributed by atoms with van der Waals surface area (Å²) >= 11 is 1.43. The Balaban J connectivity index is 1.91. The Hall–Kier alpha value is -2.60. The first kappa shape index (κ1) is 16.8. The molecule has 2 heterocycles. The molecule has 4 rings (SSSR count). The summed E-state index contributed by atoms with van der Waals surface area (Å²) in [5, 5.41) is 3.83. The standard InChI is InChI=1S/C20H19N3O2S/c1-2-11-26-20-22-18-17(19(25)23-20)15(12-7-4-3-5-8-12)16-13(21-18)9-6-10-14(16)24/h2-5,7-8,15H,1,6,9-11H2,(H2,21,22,23,25)/t15-/m1/s1. The SMILES string of the molecule is C=CCSc1nc2c(c(=O)[nH]1)[C@H](c1ccccc1)C1=C(CCCC1=O)N2. The van der Waals surface area contributed by atoms with Crippen molar-refractivity contribution in [3.05, 3.63) is 75.7 Å². The summed E-state index contributed by atoms with van der Waals surface area (Å²) in [6, 6.07) is 9.72. The Morgan fingerprint density at radius 1 is 1.23 bits per heavy atom. The van der Waals surface area contributed by atoms with E-state index in [0.717, 1.165) is 24.1 Å². The number of hydrogen-bond acceptors (Lipinski definition) is 5. The van der Waals surface area contributed by atoms with E-state index in [4.69, 9.17) is 0 Å². The molecule has 0 radical (unpaired) electrons. The van der Waals surface area contributed by atoms with Crippen LogP contribution in [0.4, 0.5) is 5.82 Å². The number of benzene rings is 1. The highest BCUT2D eigenvalue weighted by Crippen LogP contribution is 2.43. The number of Topliss-reactive ketones (excluding diaryl/α,β-unsaturated/α-hetero) is 1. The number of nitrogens with one attached hydrogen (secondary N) is 2. The van der Waals surface area contributed by atoms with Crippen molar-refractivity contribution >= 4 is 23.4 Å². The van der Waals surface area contributed by atoms with Gasteiger partial charge in [0.15, 0.2) is 10.9 Å². The van der Waals surface area contributed by atoms with Gasteiger partial charge in [0.05, 0.1) is 5.56 Å². The highest BCUT2D eigenvalue weighted by molar-refractivity contribution is 7.99. The molecule has 0 saturated carbocycles. The summed E-state index contributed by atoms with van der Waals surface area (Å²) in [7, 11) is 0. The van der Waals surface area contributed by atoms with E-state index in [0.29, 0.717) is 34.3 Å². The number of H-pyrrole nitrogens is 1. The lowest BCUT2D eigenvalue weighted by atomic mass is 9.76. The zero-order chi connectivity index (χ0) is 18.1. The summed E-state index contributed by atoms with van der Waals surface area (Å²) in [6.45, 7) is 3.70. The molecule has 0 amide bonds. The Morgan fingerprint density at radius 3 is 2.81 bits per heavy atom. The molecule has 2 aromatic rings. The fraction of sp³-hybridized carbons (Fsp3) is 0.250. The van der Waals surface area contributed by atoms with Crippen molar-refractivity contribution in [2.24, 2.45) is 0 Å². The number of nitrogens with zero attached hydrogens (tertiary/aromatic N) is 1. The zero-order valence-corrected chi connectivity index (χ0v) is 15.1. The first-order chi connectivity index (χ1) is 12.7. The number of hydrogen-bond donors (Lipinski definition) is 2. The topological polar surface area (TPSA) is 74.8 Å². The van der Waals surface area contributed by atoms with Crippen molar-refractivity contribution in [1.29, 1.82) is 0 Å². The highest BCUT2D eigenvalue weighted by atomic mass is 32.2. The van der Waals surface area contributed by atoms with E-state index in [1.54, 1.807) is 6.08 Å². The fourth-order valence-corrected chi connectivity index (χ4v) is 4.22. The quantitative estimate of drug-likeness (QED) is 0.492. The van der Waals surface area contributed by atoms with Crippen LogP contribution in [-0.4, -0.2) is 21.5 Å². The molecule has 2 aliphatic rings. The van der Waals surface area contributed by atoms with Gasteiger partial charge in [0.2, 0.25) is 0 Å². The number of allylic oxidation sites excluding steroid dienone is 2. The van der Waals surface area contributed by atoms with Crippen LogP contribution >= 0.6 is 11.8 Å². The number of thioether (sulfide) groups is 1.